The van der Waals surface area contributed by atoms with E-state index in [1.165, 1.54) is 0 Å². The van der Waals surface area contributed by atoms with Crippen LogP contribution in [0.1, 0.15) is 18.3 Å². The zero-order valence-electron chi connectivity index (χ0n) is 12.0. The molecule has 0 atom stereocenters. The number of hydrogen-bond donors (Lipinski definition) is 0. The number of nitrogens with zero attached hydrogens (tertiary/aromatic N) is 3. The molecule has 0 saturated carbocycles. The molecule has 2 aromatic heterocycles. The summed E-state index contributed by atoms with van der Waals surface area (Å²) in [6.07, 6.45) is 2.73. The first-order valence-electron chi connectivity index (χ1n) is 6.90. The van der Waals surface area contributed by atoms with Gasteiger partial charge in [-0.05, 0) is 34.5 Å². The summed E-state index contributed by atoms with van der Waals surface area (Å²) in [4.78, 5) is 11.9. The maximum Gasteiger partial charge on any atom is 0.189 e. The first-order valence-corrected chi connectivity index (χ1v) is 7.69. The molecule has 0 N–H and O–H groups in total. The number of aromatic nitrogens is 3. The van der Waals surface area contributed by atoms with Crippen LogP contribution < -0.4 is 5.43 Å². The Bertz CT molecular complexity index is 864. The molecule has 4 nitrogen and oxygen atoms in total. The average molecular weight is 346 g/mol. The van der Waals surface area contributed by atoms with E-state index in [2.05, 4.69) is 32.5 Å². The van der Waals surface area contributed by atoms with Gasteiger partial charge in [-0.1, -0.05) is 19.1 Å². The van der Waals surface area contributed by atoms with Gasteiger partial charge in [0.2, 0.25) is 0 Å². The Hall–Kier alpha value is -1.88. The lowest BCUT2D eigenvalue weighted by molar-refractivity contribution is 0.666. The molecule has 0 saturated heterocycles. The summed E-state index contributed by atoms with van der Waals surface area (Å²) in [5.41, 5.74) is 3.15. The molecule has 3 rings (SSSR count). The van der Waals surface area contributed by atoms with Gasteiger partial charge >= 0.3 is 0 Å². The summed E-state index contributed by atoms with van der Waals surface area (Å²) in [7, 11) is 1.95. The Morgan fingerprint density at radius 2 is 2.00 bits per heavy atom. The topological polar surface area (TPSA) is 39.8 Å². The Kier molecular flexibility index (Phi) is 3.68. The fourth-order valence-corrected chi connectivity index (χ4v) is 3.29. The predicted octanol–water partition coefficient (Wildman–Crippen LogP) is 3.11. The number of aryl methyl sites for hydroxylation is 2. The Labute approximate surface area is 131 Å². The van der Waals surface area contributed by atoms with E-state index in [9.17, 15) is 4.79 Å². The maximum atomic E-state index is 11.9. The van der Waals surface area contributed by atoms with Crippen LogP contribution in [0.25, 0.3) is 10.9 Å². The molecule has 0 bridgehead atoms. The molecule has 108 valence electrons. The second kappa shape index (κ2) is 5.48. The molecular weight excluding hydrogens is 330 g/mol. The van der Waals surface area contributed by atoms with Gasteiger partial charge in [0.05, 0.1) is 27.9 Å². The minimum atomic E-state index is 0.0557. The van der Waals surface area contributed by atoms with Gasteiger partial charge in [-0.3, -0.25) is 9.48 Å². The molecule has 0 spiro atoms. The minimum absolute atomic E-state index is 0.0557. The van der Waals surface area contributed by atoms with E-state index in [-0.39, 0.29) is 5.43 Å². The lowest BCUT2D eigenvalue weighted by atomic mass is 10.2. The largest absolute Gasteiger partial charge is 0.341 e. The van der Waals surface area contributed by atoms with E-state index in [4.69, 9.17) is 0 Å². The second-order valence-corrected chi connectivity index (χ2v) is 5.80. The summed E-state index contributed by atoms with van der Waals surface area (Å²) < 4.78 is 5.03. The van der Waals surface area contributed by atoms with Crippen molar-refractivity contribution in [3.63, 3.8) is 0 Å². The SMILES string of the molecule is CCc1nn(C)c(Cn2ccc(=O)c3ccccc32)c1Br. The Morgan fingerprint density at radius 1 is 1.24 bits per heavy atom. The van der Waals surface area contributed by atoms with Gasteiger partial charge in [0, 0.05) is 24.7 Å². The normalized spacial score (nSPS) is 11.2. The molecule has 21 heavy (non-hydrogen) atoms. The van der Waals surface area contributed by atoms with Crippen LogP contribution in [0.2, 0.25) is 0 Å². The number of rotatable bonds is 3. The molecule has 5 heteroatoms. The van der Waals surface area contributed by atoms with Crippen molar-refractivity contribution in [2.24, 2.45) is 7.05 Å². The fraction of sp³-hybridized carbons (Fsp3) is 0.250. The number of halogens is 1. The summed E-state index contributed by atoms with van der Waals surface area (Å²) in [5, 5.41) is 5.26. The van der Waals surface area contributed by atoms with Crippen LogP contribution >= 0.6 is 15.9 Å². The molecular formula is C16H16BrN3O. The highest BCUT2D eigenvalue weighted by Crippen LogP contribution is 2.23. The van der Waals surface area contributed by atoms with Gasteiger partial charge in [0.1, 0.15) is 0 Å². The predicted molar refractivity (Wildman–Crippen MR) is 87.6 cm³/mol. The van der Waals surface area contributed by atoms with Crippen LogP contribution in [-0.2, 0) is 20.0 Å². The summed E-state index contributed by atoms with van der Waals surface area (Å²) in [5.74, 6) is 0. The van der Waals surface area contributed by atoms with Crippen LogP contribution in [0, 0.1) is 0 Å². The fourth-order valence-electron chi connectivity index (χ4n) is 2.55. The van der Waals surface area contributed by atoms with Crippen molar-refractivity contribution < 1.29 is 0 Å². The van der Waals surface area contributed by atoms with E-state index in [1.807, 2.05) is 42.2 Å². The zero-order valence-corrected chi connectivity index (χ0v) is 13.6. The molecule has 0 fully saturated rings. The van der Waals surface area contributed by atoms with Crippen molar-refractivity contribution in [1.29, 1.82) is 0 Å². The molecule has 0 amide bonds. The van der Waals surface area contributed by atoms with Crippen LogP contribution in [0.3, 0.4) is 0 Å². The van der Waals surface area contributed by atoms with Crippen molar-refractivity contribution in [2.45, 2.75) is 19.9 Å². The van der Waals surface area contributed by atoms with E-state index in [1.54, 1.807) is 6.07 Å². The second-order valence-electron chi connectivity index (χ2n) is 5.01. The van der Waals surface area contributed by atoms with Crippen molar-refractivity contribution in [3.8, 4) is 0 Å². The molecule has 0 aliphatic rings. The minimum Gasteiger partial charge on any atom is -0.341 e. The smallest absolute Gasteiger partial charge is 0.189 e. The standard InChI is InChI=1S/C16H16BrN3O/c1-3-12-16(17)14(19(2)18-12)10-20-9-8-15(21)11-6-4-5-7-13(11)20/h4-9H,3,10H2,1-2H3. The van der Waals surface area contributed by atoms with Gasteiger partial charge in [-0.25, -0.2) is 0 Å². The maximum absolute atomic E-state index is 11.9. The highest BCUT2D eigenvalue weighted by Gasteiger charge is 2.13. The molecule has 2 heterocycles. The third-order valence-corrected chi connectivity index (χ3v) is 4.62. The lowest BCUT2D eigenvalue weighted by Crippen LogP contribution is -2.11. The van der Waals surface area contributed by atoms with Gasteiger partial charge < -0.3 is 4.57 Å². The molecule has 0 aliphatic carbocycles. The van der Waals surface area contributed by atoms with Crippen molar-refractivity contribution >= 4 is 26.8 Å². The third-order valence-electron chi connectivity index (χ3n) is 3.71. The van der Waals surface area contributed by atoms with Gasteiger partial charge in [0.25, 0.3) is 0 Å². The van der Waals surface area contributed by atoms with Crippen molar-refractivity contribution in [1.82, 2.24) is 14.3 Å². The number of pyridine rings is 1. The average Bonchev–Trinajstić information content (AvgIpc) is 2.77. The van der Waals surface area contributed by atoms with E-state index < -0.39 is 0 Å². The van der Waals surface area contributed by atoms with Crippen LogP contribution in [-0.4, -0.2) is 14.3 Å². The van der Waals surface area contributed by atoms with Gasteiger partial charge in [-0.2, -0.15) is 5.10 Å². The van der Waals surface area contributed by atoms with Crippen LogP contribution in [0.15, 0.2) is 45.8 Å². The highest BCUT2D eigenvalue weighted by atomic mass is 79.9. The Balaban J connectivity index is 2.13. The molecule has 3 aromatic rings. The number of hydrogen-bond acceptors (Lipinski definition) is 2. The molecule has 0 aliphatic heterocycles. The molecule has 0 unspecified atom stereocenters. The number of benzene rings is 1. The summed E-state index contributed by atoms with van der Waals surface area (Å²) in [6.45, 7) is 2.76. The van der Waals surface area contributed by atoms with E-state index in [0.29, 0.717) is 6.54 Å². The van der Waals surface area contributed by atoms with Crippen LogP contribution in [0.4, 0.5) is 0 Å². The van der Waals surface area contributed by atoms with E-state index in [0.717, 1.165) is 33.2 Å². The van der Waals surface area contributed by atoms with Crippen molar-refractivity contribution in [3.05, 3.63) is 62.6 Å². The van der Waals surface area contributed by atoms with Crippen LogP contribution in [0.5, 0.6) is 0 Å². The highest BCUT2D eigenvalue weighted by molar-refractivity contribution is 9.10. The summed E-state index contributed by atoms with van der Waals surface area (Å²) >= 11 is 3.64. The molecule has 1 aromatic carbocycles. The first kappa shape index (κ1) is 14.1. The van der Waals surface area contributed by atoms with Gasteiger partial charge in [0.15, 0.2) is 5.43 Å². The van der Waals surface area contributed by atoms with Gasteiger partial charge in [-0.15, -0.1) is 0 Å². The third kappa shape index (κ3) is 2.42. The quantitative estimate of drug-likeness (QED) is 0.731. The number of fused-ring (bicyclic) bond motifs is 1. The van der Waals surface area contributed by atoms with Crippen molar-refractivity contribution in [2.75, 3.05) is 0 Å². The Morgan fingerprint density at radius 3 is 2.71 bits per heavy atom. The summed E-state index contributed by atoms with van der Waals surface area (Å²) in [6, 6.07) is 9.30. The number of para-hydroxylation sites is 1. The van der Waals surface area contributed by atoms with E-state index >= 15 is 0 Å². The first-order chi connectivity index (χ1) is 10.1. The zero-order chi connectivity index (χ0) is 15.0. The lowest BCUT2D eigenvalue weighted by Gasteiger charge is -2.11. The monoisotopic (exact) mass is 345 g/mol. The molecule has 0 radical (unpaired) electrons.